The summed E-state index contributed by atoms with van der Waals surface area (Å²) in [6.07, 6.45) is 0. The molecule has 4 N–H and O–H groups in total. The molecule has 0 spiro atoms. The second-order valence-electron chi connectivity index (χ2n) is 5.12. The Labute approximate surface area is 136 Å². The molecule has 0 bridgehead atoms. The highest BCUT2D eigenvalue weighted by molar-refractivity contribution is 5.96. The van der Waals surface area contributed by atoms with Gasteiger partial charge in [-0.25, -0.2) is 0 Å². The minimum absolute atomic E-state index is 0.111. The summed E-state index contributed by atoms with van der Waals surface area (Å²) in [4.78, 5) is 36.8. The number of hydrogen-bond acceptors (Lipinski definition) is 4. The van der Waals surface area contributed by atoms with Gasteiger partial charge in [-0.3, -0.25) is 19.3 Å². The molecule has 3 amide bonds. The molecule has 0 radical (unpaired) electrons. The van der Waals surface area contributed by atoms with E-state index >= 15 is 0 Å². The largest absolute Gasteiger partial charge is 0.366 e. The van der Waals surface area contributed by atoms with Crippen molar-refractivity contribution in [3.05, 3.63) is 29.8 Å². The van der Waals surface area contributed by atoms with Crippen molar-refractivity contribution in [3.63, 3.8) is 0 Å². The summed E-state index contributed by atoms with van der Waals surface area (Å²) in [6, 6.07) is 5.87. The number of nitrogens with two attached hydrogens (primary N) is 1. The van der Waals surface area contributed by atoms with Crippen LogP contribution in [-0.2, 0) is 9.59 Å². The van der Waals surface area contributed by atoms with E-state index < -0.39 is 11.9 Å². The van der Waals surface area contributed by atoms with E-state index in [9.17, 15) is 14.4 Å². The van der Waals surface area contributed by atoms with E-state index in [1.165, 1.54) is 0 Å². The Morgan fingerprint density at radius 3 is 2.26 bits per heavy atom. The van der Waals surface area contributed by atoms with Crippen LogP contribution in [0.25, 0.3) is 0 Å². The molecule has 1 aromatic carbocycles. The lowest BCUT2D eigenvalue weighted by atomic mass is 10.2. The first-order valence-corrected chi connectivity index (χ1v) is 7.60. The molecule has 0 aromatic heterocycles. The Balaban J connectivity index is 2.67. The number of amides is 3. The molecule has 0 aliphatic heterocycles. The third-order valence-electron chi connectivity index (χ3n) is 3.49. The molecule has 0 heterocycles. The molecule has 7 nitrogen and oxygen atoms in total. The Morgan fingerprint density at radius 2 is 1.78 bits per heavy atom. The zero-order chi connectivity index (χ0) is 17.4. The van der Waals surface area contributed by atoms with Crippen LogP contribution < -0.4 is 16.4 Å². The van der Waals surface area contributed by atoms with Gasteiger partial charge in [-0.05, 0) is 44.7 Å². The first kappa shape index (κ1) is 18.6. The zero-order valence-electron chi connectivity index (χ0n) is 13.8. The highest BCUT2D eigenvalue weighted by Crippen LogP contribution is 2.11. The van der Waals surface area contributed by atoms with Crippen LogP contribution in [-0.4, -0.2) is 48.3 Å². The lowest BCUT2D eigenvalue weighted by molar-refractivity contribution is -0.125. The van der Waals surface area contributed by atoms with Crippen LogP contribution in [0.3, 0.4) is 0 Å². The maximum absolute atomic E-state index is 12.3. The molecule has 0 saturated heterocycles. The van der Waals surface area contributed by atoms with Gasteiger partial charge in [-0.2, -0.15) is 0 Å². The normalized spacial score (nSPS) is 11.8. The van der Waals surface area contributed by atoms with Crippen molar-refractivity contribution in [2.75, 3.05) is 25.0 Å². The smallest absolute Gasteiger partial charge is 0.248 e. The first-order chi connectivity index (χ1) is 10.9. The number of primary amides is 1. The second kappa shape index (κ2) is 8.89. The zero-order valence-corrected chi connectivity index (χ0v) is 13.8. The fourth-order valence-corrected chi connectivity index (χ4v) is 2.09. The summed E-state index contributed by atoms with van der Waals surface area (Å²) in [7, 11) is 0. The van der Waals surface area contributed by atoms with Crippen LogP contribution in [0.5, 0.6) is 0 Å². The molecule has 126 valence electrons. The minimum atomic E-state index is -0.518. The van der Waals surface area contributed by atoms with Gasteiger partial charge in [0.25, 0.3) is 0 Å². The number of carbonyl (C=O) groups excluding carboxylic acids is 3. The summed E-state index contributed by atoms with van der Waals surface area (Å²) < 4.78 is 0. The van der Waals surface area contributed by atoms with E-state index in [-0.39, 0.29) is 18.4 Å². The maximum atomic E-state index is 12.3. The molecule has 1 aromatic rings. The molecule has 0 fully saturated rings. The molecule has 1 atom stereocenters. The topological polar surface area (TPSA) is 105 Å². The van der Waals surface area contributed by atoms with Crippen molar-refractivity contribution in [1.29, 1.82) is 0 Å². The molecule has 23 heavy (non-hydrogen) atoms. The van der Waals surface area contributed by atoms with Crippen LogP contribution in [0.2, 0.25) is 0 Å². The summed E-state index contributed by atoms with van der Waals surface area (Å²) in [5.41, 5.74) is 6.12. The fourth-order valence-electron chi connectivity index (χ4n) is 2.09. The van der Waals surface area contributed by atoms with E-state index in [1.807, 2.05) is 13.8 Å². The summed E-state index contributed by atoms with van der Waals surface area (Å²) >= 11 is 0. The van der Waals surface area contributed by atoms with Crippen molar-refractivity contribution in [3.8, 4) is 0 Å². The third kappa shape index (κ3) is 5.71. The Bertz CT molecular complexity index is 557. The van der Waals surface area contributed by atoms with Crippen LogP contribution in [0.15, 0.2) is 24.3 Å². The van der Waals surface area contributed by atoms with Gasteiger partial charge < -0.3 is 16.4 Å². The summed E-state index contributed by atoms with van der Waals surface area (Å²) in [5.74, 6) is -0.849. The fraction of sp³-hybridized carbons (Fsp3) is 0.438. The predicted octanol–water partition coefficient (Wildman–Crippen LogP) is 0.571. The van der Waals surface area contributed by atoms with E-state index in [0.29, 0.717) is 24.3 Å². The van der Waals surface area contributed by atoms with Gasteiger partial charge >= 0.3 is 0 Å². The summed E-state index contributed by atoms with van der Waals surface area (Å²) in [6.45, 7) is 6.79. The molecule has 0 unspecified atom stereocenters. The van der Waals surface area contributed by atoms with E-state index in [1.54, 1.807) is 36.1 Å². The summed E-state index contributed by atoms with van der Waals surface area (Å²) in [5, 5.41) is 5.48. The maximum Gasteiger partial charge on any atom is 0.248 e. The number of hydrogen-bond donors (Lipinski definition) is 3. The van der Waals surface area contributed by atoms with Crippen molar-refractivity contribution in [1.82, 2.24) is 10.2 Å². The number of carbonyl (C=O) groups is 3. The van der Waals surface area contributed by atoms with Crippen molar-refractivity contribution in [2.24, 2.45) is 5.73 Å². The quantitative estimate of drug-likeness (QED) is 0.651. The average Bonchev–Trinajstić information content (AvgIpc) is 2.52. The lowest BCUT2D eigenvalue weighted by Gasteiger charge is -2.26. The average molecular weight is 320 g/mol. The predicted molar refractivity (Wildman–Crippen MR) is 89.0 cm³/mol. The van der Waals surface area contributed by atoms with Gasteiger partial charge in [0.05, 0.1) is 12.6 Å². The molecular weight excluding hydrogens is 296 g/mol. The highest BCUT2D eigenvalue weighted by atomic mass is 16.2. The number of benzene rings is 1. The van der Waals surface area contributed by atoms with E-state index in [4.69, 9.17) is 5.73 Å². The molecule has 0 saturated carbocycles. The van der Waals surface area contributed by atoms with Crippen molar-refractivity contribution in [2.45, 2.75) is 26.8 Å². The lowest BCUT2D eigenvalue weighted by Crippen LogP contribution is -2.46. The SMILES string of the molecule is CCNC(=O)CN(CC)[C@@H](C)C(=O)Nc1ccc(C(N)=O)cc1. The third-order valence-corrected chi connectivity index (χ3v) is 3.49. The number of nitrogens with zero attached hydrogens (tertiary/aromatic N) is 1. The Morgan fingerprint density at radius 1 is 1.17 bits per heavy atom. The molecule has 1 rings (SSSR count). The molecule has 0 aliphatic rings. The van der Waals surface area contributed by atoms with Crippen LogP contribution in [0.1, 0.15) is 31.1 Å². The van der Waals surface area contributed by atoms with Crippen LogP contribution >= 0.6 is 0 Å². The van der Waals surface area contributed by atoms with Crippen molar-refractivity contribution < 1.29 is 14.4 Å². The van der Waals surface area contributed by atoms with Gasteiger partial charge in [-0.15, -0.1) is 0 Å². The highest BCUT2D eigenvalue weighted by Gasteiger charge is 2.22. The molecule has 0 aliphatic carbocycles. The van der Waals surface area contributed by atoms with Gasteiger partial charge in [0.15, 0.2) is 0 Å². The van der Waals surface area contributed by atoms with Gasteiger partial charge in [0.2, 0.25) is 17.7 Å². The van der Waals surface area contributed by atoms with Gasteiger partial charge in [-0.1, -0.05) is 6.92 Å². The number of likely N-dealkylation sites (N-methyl/N-ethyl adjacent to an activating group) is 2. The van der Waals surface area contributed by atoms with E-state index in [2.05, 4.69) is 10.6 Å². The number of anilines is 1. The molecular formula is C16H24N4O3. The van der Waals surface area contributed by atoms with E-state index in [0.717, 1.165) is 0 Å². The minimum Gasteiger partial charge on any atom is -0.366 e. The molecule has 7 heteroatoms. The van der Waals surface area contributed by atoms with Crippen LogP contribution in [0.4, 0.5) is 5.69 Å². The van der Waals surface area contributed by atoms with Crippen molar-refractivity contribution >= 4 is 23.4 Å². The first-order valence-electron chi connectivity index (χ1n) is 7.60. The number of nitrogens with one attached hydrogen (secondary N) is 2. The monoisotopic (exact) mass is 320 g/mol. The van der Waals surface area contributed by atoms with Gasteiger partial charge in [0.1, 0.15) is 0 Å². The Kier molecular flexibility index (Phi) is 7.21. The second-order valence-corrected chi connectivity index (χ2v) is 5.12. The van der Waals surface area contributed by atoms with Gasteiger partial charge in [0, 0.05) is 17.8 Å². The number of rotatable bonds is 8. The Hall–Kier alpha value is -2.41. The standard InChI is InChI=1S/C16H24N4O3/c1-4-18-14(21)10-20(5-2)11(3)16(23)19-13-8-6-12(7-9-13)15(17)22/h6-9,11H,4-5,10H2,1-3H3,(H2,17,22)(H,18,21)(H,19,23)/t11-/m0/s1. The van der Waals surface area contributed by atoms with Crippen LogP contribution in [0, 0.1) is 0 Å².